The van der Waals surface area contributed by atoms with Crippen LogP contribution < -0.4 is 5.32 Å². The second-order valence-electron chi connectivity index (χ2n) is 9.10. The molecular formula is C31H25NO6. The molecule has 0 fully saturated rings. The number of hydrogen-bond donors (Lipinski definition) is 3. The molecule has 7 heteroatoms. The van der Waals surface area contributed by atoms with E-state index >= 15 is 0 Å². The van der Waals surface area contributed by atoms with Gasteiger partial charge in [-0.25, -0.2) is 4.79 Å². The first kappa shape index (κ1) is 24.8. The first-order valence-electron chi connectivity index (χ1n) is 12.2. The van der Waals surface area contributed by atoms with E-state index in [0.29, 0.717) is 11.1 Å². The Morgan fingerprint density at radius 3 is 1.82 bits per heavy atom. The number of phenols is 2. The highest BCUT2D eigenvalue weighted by Crippen LogP contribution is 2.43. The lowest BCUT2D eigenvalue weighted by Gasteiger charge is -2.30. The van der Waals surface area contributed by atoms with Gasteiger partial charge in [-0.2, -0.15) is 0 Å². The van der Waals surface area contributed by atoms with Gasteiger partial charge in [-0.3, -0.25) is 9.59 Å². The molecule has 7 nitrogen and oxygen atoms in total. The molecule has 38 heavy (non-hydrogen) atoms. The van der Waals surface area contributed by atoms with E-state index in [9.17, 15) is 24.6 Å². The van der Waals surface area contributed by atoms with Crippen LogP contribution in [0.5, 0.6) is 11.5 Å². The van der Waals surface area contributed by atoms with E-state index in [1.807, 2.05) is 60.7 Å². The molecule has 1 aliphatic carbocycles. The minimum Gasteiger partial charge on any atom is -0.507 e. The molecule has 0 aromatic heterocycles. The summed E-state index contributed by atoms with van der Waals surface area (Å²) in [6.45, 7) is 0.0320. The third-order valence-electron chi connectivity index (χ3n) is 6.64. The smallest absolute Gasteiger partial charge is 0.408 e. The number of phenolic OH excluding ortho intramolecular Hbond substituents is 2. The number of nitrogens with one attached hydrogen (secondary N) is 1. The molecule has 4 aromatic rings. The average molecular weight is 508 g/mol. The Kier molecular flexibility index (Phi) is 6.91. The maximum Gasteiger partial charge on any atom is 0.408 e. The quantitative estimate of drug-likeness (QED) is 0.329. The van der Waals surface area contributed by atoms with Crippen molar-refractivity contribution in [3.8, 4) is 11.5 Å². The predicted octanol–water partition coefficient (Wildman–Crippen LogP) is 4.88. The number of Topliss-reactive ketones (excluding diaryl/α,β-unsaturated/α-hetero) is 1. The highest BCUT2D eigenvalue weighted by atomic mass is 16.5. The number of benzene rings is 4. The number of ether oxygens (including phenoxy) is 1. The minimum atomic E-state index is -1.02. The summed E-state index contributed by atoms with van der Waals surface area (Å²) in [6.07, 6.45) is -0.588. The summed E-state index contributed by atoms with van der Waals surface area (Å²) in [6, 6.07) is 26.4. The fourth-order valence-electron chi connectivity index (χ4n) is 4.87. The summed E-state index contributed by atoms with van der Waals surface area (Å²) >= 11 is 0. The van der Waals surface area contributed by atoms with E-state index in [0.717, 1.165) is 11.1 Å². The number of carbonyl (C=O) groups is 3. The van der Waals surface area contributed by atoms with Crippen molar-refractivity contribution in [3.63, 3.8) is 0 Å². The molecule has 190 valence electrons. The largest absolute Gasteiger partial charge is 0.507 e. The van der Waals surface area contributed by atoms with Gasteiger partial charge in [-0.05, 0) is 40.8 Å². The van der Waals surface area contributed by atoms with Gasteiger partial charge in [-0.1, -0.05) is 84.9 Å². The van der Waals surface area contributed by atoms with Crippen LogP contribution in [0.2, 0.25) is 0 Å². The number of hydrogen-bond acceptors (Lipinski definition) is 6. The zero-order chi connectivity index (χ0) is 26.6. The Labute approximate surface area is 219 Å². The molecule has 1 aliphatic rings. The van der Waals surface area contributed by atoms with E-state index in [-0.39, 0.29) is 35.7 Å². The summed E-state index contributed by atoms with van der Waals surface area (Å²) in [5.41, 5.74) is 2.17. The van der Waals surface area contributed by atoms with Crippen LogP contribution in [0.3, 0.4) is 0 Å². The van der Waals surface area contributed by atoms with Gasteiger partial charge in [0, 0.05) is 0 Å². The summed E-state index contributed by atoms with van der Waals surface area (Å²) in [5.74, 6) is -2.55. The minimum absolute atomic E-state index is 0.0320. The van der Waals surface area contributed by atoms with Gasteiger partial charge in [0.15, 0.2) is 5.78 Å². The number of rotatable bonds is 7. The fraction of sp³-hybridized carbons (Fsp3) is 0.129. The summed E-state index contributed by atoms with van der Waals surface area (Å²) in [4.78, 5) is 40.3. The van der Waals surface area contributed by atoms with Crippen LogP contribution in [0, 0.1) is 0 Å². The van der Waals surface area contributed by atoms with Gasteiger partial charge < -0.3 is 20.3 Å². The van der Waals surface area contributed by atoms with Crippen LogP contribution in [0.1, 0.15) is 44.1 Å². The van der Waals surface area contributed by atoms with Gasteiger partial charge in [0.25, 0.3) is 0 Å². The van der Waals surface area contributed by atoms with Crippen LogP contribution >= 0.6 is 0 Å². The monoisotopic (exact) mass is 507 g/mol. The van der Waals surface area contributed by atoms with E-state index in [1.165, 1.54) is 12.1 Å². The van der Waals surface area contributed by atoms with Gasteiger partial charge in [0.05, 0.1) is 23.1 Å². The SMILES string of the molecule is O=C(NC(Cc1ccccc1)C(=O)C1c2cccc(O)c2C(=O)c2c(O)cccc21)OCc1ccccc1. The van der Waals surface area contributed by atoms with Crippen molar-refractivity contribution in [1.29, 1.82) is 0 Å². The molecule has 1 amide bonds. The molecule has 0 aliphatic heterocycles. The van der Waals surface area contributed by atoms with Crippen molar-refractivity contribution < 1.29 is 29.3 Å². The summed E-state index contributed by atoms with van der Waals surface area (Å²) < 4.78 is 5.39. The summed E-state index contributed by atoms with van der Waals surface area (Å²) in [5, 5.41) is 23.8. The van der Waals surface area contributed by atoms with Crippen molar-refractivity contribution in [3.05, 3.63) is 130 Å². The molecule has 0 heterocycles. The molecule has 3 N–H and O–H groups in total. The topological polar surface area (TPSA) is 113 Å². The van der Waals surface area contributed by atoms with Crippen LogP contribution in [0.25, 0.3) is 0 Å². The van der Waals surface area contributed by atoms with Crippen molar-refractivity contribution in [2.24, 2.45) is 0 Å². The maximum absolute atomic E-state index is 14.2. The van der Waals surface area contributed by atoms with E-state index in [4.69, 9.17) is 4.74 Å². The number of alkyl carbamates (subject to hydrolysis) is 1. The molecule has 0 radical (unpaired) electrons. The first-order chi connectivity index (χ1) is 18.4. The van der Waals surface area contributed by atoms with Crippen LogP contribution in [-0.4, -0.2) is 33.9 Å². The van der Waals surface area contributed by atoms with E-state index < -0.39 is 29.6 Å². The van der Waals surface area contributed by atoms with Gasteiger partial charge >= 0.3 is 6.09 Å². The maximum atomic E-state index is 14.2. The lowest BCUT2D eigenvalue weighted by molar-refractivity contribution is -0.121. The number of carbonyl (C=O) groups excluding carboxylic acids is 3. The van der Waals surface area contributed by atoms with Crippen LogP contribution in [0.4, 0.5) is 4.79 Å². The van der Waals surface area contributed by atoms with Crippen molar-refractivity contribution in [2.75, 3.05) is 0 Å². The highest BCUT2D eigenvalue weighted by molar-refractivity contribution is 6.18. The molecule has 1 atom stereocenters. The number of aromatic hydroxyl groups is 2. The van der Waals surface area contributed by atoms with Gasteiger partial charge in [0.1, 0.15) is 18.1 Å². The zero-order valence-electron chi connectivity index (χ0n) is 20.3. The Bertz CT molecular complexity index is 1440. The summed E-state index contributed by atoms with van der Waals surface area (Å²) in [7, 11) is 0. The Morgan fingerprint density at radius 2 is 1.26 bits per heavy atom. The van der Waals surface area contributed by atoms with E-state index in [2.05, 4.69) is 5.32 Å². The first-order valence-corrected chi connectivity index (χ1v) is 12.2. The number of amides is 1. The number of fused-ring (bicyclic) bond motifs is 2. The lowest BCUT2D eigenvalue weighted by Crippen LogP contribution is -2.45. The van der Waals surface area contributed by atoms with E-state index in [1.54, 1.807) is 24.3 Å². The third kappa shape index (κ3) is 4.86. The molecule has 0 saturated heterocycles. The molecule has 5 rings (SSSR count). The zero-order valence-corrected chi connectivity index (χ0v) is 20.3. The Hall–Kier alpha value is -4.91. The number of ketones is 2. The fourth-order valence-corrected chi connectivity index (χ4v) is 4.87. The molecule has 0 spiro atoms. The van der Waals surface area contributed by atoms with Crippen molar-refractivity contribution >= 4 is 17.7 Å². The lowest BCUT2D eigenvalue weighted by atomic mass is 9.73. The molecule has 0 saturated carbocycles. The van der Waals surface area contributed by atoms with Crippen LogP contribution in [0.15, 0.2) is 97.1 Å². The second-order valence-corrected chi connectivity index (χ2v) is 9.10. The Morgan fingerprint density at radius 1 is 0.737 bits per heavy atom. The molecular weight excluding hydrogens is 482 g/mol. The Balaban J connectivity index is 1.51. The molecule has 4 aromatic carbocycles. The normalized spacial score (nSPS) is 13.2. The average Bonchev–Trinajstić information content (AvgIpc) is 2.92. The van der Waals surface area contributed by atoms with Gasteiger partial charge in [0.2, 0.25) is 5.78 Å². The molecule has 0 bridgehead atoms. The van der Waals surface area contributed by atoms with Crippen molar-refractivity contribution in [2.45, 2.75) is 25.0 Å². The standard InChI is InChI=1S/C31H25NO6/c33-24-15-7-13-21-26(22-14-8-16-25(34)28(22)30(36)27(21)24)29(35)23(17-19-9-3-1-4-10-19)32-31(37)38-18-20-11-5-2-6-12-20/h1-16,23,26,33-34H,17-18H2,(H,32,37). The predicted molar refractivity (Wildman–Crippen MR) is 140 cm³/mol. The highest BCUT2D eigenvalue weighted by Gasteiger charge is 2.41. The second kappa shape index (κ2) is 10.6. The van der Waals surface area contributed by atoms with Crippen molar-refractivity contribution in [1.82, 2.24) is 5.32 Å². The van der Waals surface area contributed by atoms with Gasteiger partial charge in [-0.15, -0.1) is 0 Å². The third-order valence-corrected chi connectivity index (χ3v) is 6.64. The molecule has 1 unspecified atom stereocenters. The van der Waals surface area contributed by atoms with Crippen LogP contribution in [-0.2, 0) is 22.6 Å².